The first-order chi connectivity index (χ1) is 8.81. The first kappa shape index (κ1) is 12.5. The van der Waals surface area contributed by atoms with Gasteiger partial charge in [0.05, 0.1) is 0 Å². The fraction of sp³-hybridized carbons (Fsp3) is 0.600. The molecule has 0 spiro atoms. The quantitative estimate of drug-likeness (QED) is 0.793. The van der Waals surface area contributed by atoms with Crippen LogP contribution in [0.25, 0.3) is 0 Å². The van der Waals surface area contributed by atoms with E-state index in [1.165, 1.54) is 31.4 Å². The van der Waals surface area contributed by atoms with Gasteiger partial charge in [0.25, 0.3) is 0 Å². The van der Waals surface area contributed by atoms with E-state index < -0.39 is 0 Å². The van der Waals surface area contributed by atoms with E-state index in [0.717, 1.165) is 30.8 Å². The number of rotatable bonds is 3. The highest BCUT2D eigenvalue weighted by molar-refractivity contribution is 9.09. The maximum absolute atomic E-state index is 5.83. The Morgan fingerprint density at radius 1 is 1.28 bits per heavy atom. The van der Waals surface area contributed by atoms with E-state index in [1.807, 2.05) is 0 Å². The van der Waals surface area contributed by atoms with Gasteiger partial charge in [-0.05, 0) is 24.3 Å². The van der Waals surface area contributed by atoms with Crippen LogP contribution in [0.5, 0.6) is 5.75 Å². The Kier molecular flexibility index (Phi) is 3.62. The predicted molar refractivity (Wildman–Crippen MR) is 77.3 cm³/mol. The molecule has 3 rings (SSSR count). The molecule has 1 aliphatic heterocycles. The molecule has 18 heavy (non-hydrogen) atoms. The first-order valence-corrected chi connectivity index (χ1v) is 7.93. The van der Waals surface area contributed by atoms with Crippen LogP contribution in [0.1, 0.15) is 24.8 Å². The van der Waals surface area contributed by atoms with Crippen LogP contribution >= 0.6 is 15.9 Å². The van der Waals surface area contributed by atoms with Crippen LogP contribution in [-0.2, 0) is 6.54 Å². The summed E-state index contributed by atoms with van der Waals surface area (Å²) < 4.78 is 5.83. The minimum Gasteiger partial charge on any atom is -0.492 e. The van der Waals surface area contributed by atoms with Gasteiger partial charge in [0.1, 0.15) is 12.4 Å². The second kappa shape index (κ2) is 5.22. The summed E-state index contributed by atoms with van der Waals surface area (Å²) in [5, 5.41) is 1.14. The summed E-state index contributed by atoms with van der Waals surface area (Å²) in [6.45, 7) is 4.10. The molecule has 1 heterocycles. The standard InChI is InChI=1S/C15H20BrNO/c16-11-15(6-3-7-15)12-17-8-9-18-14-5-2-1-4-13(14)10-17/h1-2,4-5H,3,6-12H2. The number of ether oxygens (including phenoxy) is 1. The Labute approximate surface area is 117 Å². The molecule has 0 aromatic heterocycles. The van der Waals surface area contributed by atoms with Gasteiger partial charge in [0.2, 0.25) is 0 Å². The summed E-state index contributed by atoms with van der Waals surface area (Å²) in [6.07, 6.45) is 4.14. The van der Waals surface area contributed by atoms with Crippen molar-refractivity contribution < 1.29 is 4.74 Å². The van der Waals surface area contributed by atoms with Gasteiger partial charge in [-0.15, -0.1) is 0 Å². The Morgan fingerprint density at radius 2 is 2.11 bits per heavy atom. The molecule has 0 unspecified atom stereocenters. The Balaban J connectivity index is 1.71. The number of fused-ring (bicyclic) bond motifs is 1. The van der Waals surface area contributed by atoms with E-state index in [2.05, 4.69) is 45.1 Å². The molecule has 0 radical (unpaired) electrons. The highest BCUT2D eigenvalue weighted by Gasteiger charge is 2.37. The lowest BCUT2D eigenvalue weighted by molar-refractivity contribution is 0.0832. The summed E-state index contributed by atoms with van der Waals surface area (Å²) in [6, 6.07) is 8.44. The van der Waals surface area contributed by atoms with E-state index >= 15 is 0 Å². The van der Waals surface area contributed by atoms with Gasteiger partial charge in [-0.25, -0.2) is 0 Å². The van der Waals surface area contributed by atoms with Crippen LogP contribution in [0, 0.1) is 5.41 Å². The topological polar surface area (TPSA) is 12.5 Å². The van der Waals surface area contributed by atoms with Gasteiger partial charge in [-0.3, -0.25) is 4.90 Å². The fourth-order valence-electron chi connectivity index (χ4n) is 3.00. The number of hydrogen-bond acceptors (Lipinski definition) is 2. The molecule has 98 valence electrons. The summed E-state index contributed by atoms with van der Waals surface area (Å²) in [7, 11) is 0. The normalized spacial score (nSPS) is 22.5. The first-order valence-electron chi connectivity index (χ1n) is 6.80. The summed E-state index contributed by atoms with van der Waals surface area (Å²) in [4.78, 5) is 2.56. The number of halogens is 1. The SMILES string of the molecule is BrCC1(CN2CCOc3ccccc3C2)CCC1. The number of alkyl halides is 1. The monoisotopic (exact) mass is 309 g/mol. The van der Waals surface area contributed by atoms with E-state index in [4.69, 9.17) is 4.74 Å². The zero-order valence-corrected chi connectivity index (χ0v) is 12.3. The lowest BCUT2D eigenvalue weighted by Gasteiger charge is -2.43. The fourth-order valence-corrected chi connectivity index (χ4v) is 3.74. The van der Waals surface area contributed by atoms with Crippen LogP contribution in [0.3, 0.4) is 0 Å². The molecule has 1 saturated carbocycles. The molecule has 1 fully saturated rings. The third-order valence-electron chi connectivity index (χ3n) is 4.29. The molecule has 2 nitrogen and oxygen atoms in total. The molecule has 1 aromatic rings. The molecule has 0 amide bonds. The lowest BCUT2D eigenvalue weighted by atomic mass is 9.70. The average molecular weight is 310 g/mol. The van der Waals surface area contributed by atoms with E-state index in [1.54, 1.807) is 0 Å². The molecular weight excluding hydrogens is 290 g/mol. The molecule has 3 heteroatoms. The number of nitrogens with zero attached hydrogens (tertiary/aromatic N) is 1. The molecule has 0 atom stereocenters. The third-order valence-corrected chi connectivity index (χ3v) is 5.48. The number of para-hydroxylation sites is 1. The maximum Gasteiger partial charge on any atom is 0.123 e. The van der Waals surface area contributed by atoms with Crippen molar-refractivity contribution in [2.45, 2.75) is 25.8 Å². The van der Waals surface area contributed by atoms with E-state index in [9.17, 15) is 0 Å². The third kappa shape index (κ3) is 2.43. The second-order valence-corrected chi connectivity index (χ2v) is 6.21. The van der Waals surface area contributed by atoms with Crippen LogP contribution in [0.2, 0.25) is 0 Å². The molecule has 0 N–H and O–H groups in total. The average Bonchev–Trinajstić information content (AvgIpc) is 2.55. The maximum atomic E-state index is 5.83. The van der Waals surface area contributed by atoms with E-state index in [-0.39, 0.29) is 0 Å². The number of benzene rings is 1. The molecule has 0 saturated heterocycles. The summed E-state index contributed by atoms with van der Waals surface area (Å²) >= 11 is 3.70. The smallest absolute Gasteiger partial charge is 0.123 e. The van der Waals surface area contributed by atoms with Gasteiger partial charge in [0.15, 0.2) is 0 Å². The van der Waals surface area contributed by atoms with Crippen molar-refractivity contribution in [1.29, 1.82) is 0 Å². The predicted octanol–water partition coefficient (Wildman–Crippen LogP) is 3.45. The van der Waals surface area contributed by atoms with Gasteiger partial charge in [-0.2, -0.15) is 0 Å². The van der Waals surface area contributed by atoms with Crippen molar-refractivity contribution >= 4 is 15.9 Å². The highest BCUT2D eigenvalue weighted by Crippen LogP contribution is 2.43. The highest BCUT2D eigenvalue weighted by atomic mass is 79.9. The summed E-state index contributed by atoms with van der Waals surface area (Å²) in [5.41, 5.74) is 1.86. The molecular formula is C15H20BrNO. The van der Waals surface area contributed by atoms with Crippen LogP contribution in [0.4, 0.5) is 0 Å². The van der Waals surface area contributed by atoms with Gasteiger partial charge in [0, 0.05) is 30.5 Å². The van der Waals surface area contributed by atoms with Crippen molar-refractivity contribution in [3.8, 4) is 5.75 Å². The largest absolute Gasteiger partial charge is 0.492 e. The molecule has 0 bridgehead atoms. The number of hydrogen-bond donors (Lipinski definition) is 0. The molecule has 1 aromatic carbocycles. The Morgan fingerprint density at radius 3 is 2.83 bits per heavy atom. The van der Waals surface area contributed by atoms with Crippen molar-refractivity contribution in [3.05, 3.63) is 29.8 Å². The Bertz CT molecular complexity index is 411. The van der Waals surface area contributed by atoms with Gasteiger partial charge >= 0.3 is 0 Å². The summed E-state index contributed by atoms with van der Waals surface area (Å²) in [5.74, 6) is 1.07. The van der Waals surface area contributed by atoms with Crippen LogP contribution < -0.4 is 4.74 Å². The molecule has 1 aliphatic carbocycles. The molecule has 2 aliphatic rings. The minimum atomic E-state index is 0.527. The minimum absolute atomic E-state index is 0.527. The zero-order valence-electron chi connectivity index (χ0n) is 10.7. The van der Waals surface area contributed by atoms with Crippen LogP contribution in [-0.4, -0.2) is 29.9 Å². The van der Waals surface area contributed by atoms with Crippen molar-refractivity contribution in [1.82, 2.24) is 4.90 Å². The van der Waals surface area contributed by atoms with Crippen molar-refractivity contribution in [2.75, 3.05) is 25.0 Å². The van der Waals surface area contributed by atoms with Crippen molar-refractivity contribution in [2.24, 2.45) is 5.41 Å². The second-order valence-electron chi connectivity index (χ2n) is 5.65. The zero-order chi connectivity index (χ0) is 12.4. The Hall–Kier alpha value is -0.540. The lowest BCUT2D eigenvalue weighted by Crippen LogP contribution is -2.44. The van der Waals surface area contributed by atoms with Gasteiger partial charge in [-0.1, -0.05) is 40.5 Å². The van der Waals surface area contributed by atoms with Gasteiger partial charge < -0.3 is 4.74 Å². The van der Waals surface area contributed by atoms with Crippen LogP contribution in [0.15, 0.2) is 24.3 Å². The van der Waals surface area contributed by atoms with Crippen molar-refractivity contribution in [3.63, 3.8) is 0 Å². The van der Waals surface area contributed by atoms with E-state index in [0.29, 0.717) is 5.41 Å².